The number of benzene rings is 1. The lowest BCUT2D eigenvalue weighted by Crippen LogP contribution is -2.30. The average molecular weight is 287 g/mol. The fourth-order valence-electron chi connectivity index (χ4n) is 2.67. The Kier molecular flexibility index (Phi) is 3.70. The molecule has 1 aromatic heterocycles. The maximum absolute atomic E-state index is 11.1. The van der Waals surface area contributed by atoms with Gasteiger partial charge >= 0.3 is 5.69 Å². The maximum atomic E-state index is 11.1. The van der Waals surface area contributed by atoms with E-state index >= 15 is 0 Å². The molecule has 0 atom stereocenters. The first-order chi connectivity index (χ1) is 10.1. The lowest BCUT2D eigenvalue weighted by atomic mass is 9.79. The minimum atomic E-state index is -0.355. The van der Waals surface area contributed by atoms with Crippen LogP contribution in [-0.2, 0) is 11.3 Å². The van der Waals surface area contributed by atoms with Gasteiger partial charge in [-0.1, -0.05) is 30.3 Å². The van der Waals surface area contributed by atoms with Gasteiger partial charge in [-0.2, -0.15) is 5.10 Å². The molecule has 1 fully saturated rings. The van der Waals surface area contributed by atoms with E-state index in [0.717, 1.165) is 18.4 Å². The summed E-state index contributed by atoms with van der Waals surface area (Å²) in [7, 11) is 0. The number of hydrogen-bond donors (Lipinski definition) is 1. The topological polar surface area (TPSA) is 81.0 Å². The predicted molar refractivity (Wildman–Crippen MR) is 77.0 cm³/mol. The van der Waals surface area contributed by atoms with Crippen molar-refractivity contribution in [2.75, 3.05) is 0 Å². The molecule has 6 heteroatoms. The van der Waals surface area contributed by atoms with Crippen molar-refractivity contribution in [3.8, 4) is 0 Å². The summed E-state index contributed by atoms with van der Waals surface area (Å²) in [6, 6.07) is 9.99. The largest absolute Gasteiger partial charge is 0.373 e. The van der Waals surface area contributed by atoms with Crippen LogP contribution in [0.15, 0.2) is 30.3 Å². The number of nitrogens with one attached hydrogen (secondary N) is 1. The number of aryl methyl sites for hydroxylation is 1. The van der Waals surface area contributed by atoms with Crippen LogP contribution >= 0.6 is 0 Å². The van der Waals surface area contributed by atoms with E-state index in [2.05, 4.69) is 10.2 Å². The van der Waals surface area contributed by atoms with Crippen molar-refractivity contribution in [1.29, 1.82) is 0 Å². The molecule has 21 heavy (non-hydrogen) atoms. The number of hydrogen-bond acceptors (Lipinski definition) is 4. The first-order valence-electron chi connectivity index (χ1n) is 7.00. The van der Waals surface area contributed by atoms with E-state index in [-0.39, 0.29) is 22.6 Å². The van der Waals surface area contributed by atoms with Crippen LogP contribution in [0.4, 0.5) is 5.69 Å². The Labute approximate surface area is 122 Å². The summed E-state index contributed by atoms with van der Waals surface area (Å²) in [5.41, 5.74) is 2.35. The lowest BCUT2D eigenvalue weighted by molar-refractivity contribution is -0.386. The van der Waals surface area contributed by atoms with Gasteiger partial charge in [-0.15, -0.1) is 0 Å². The molecule has 1 aromatic carbocycles. The third kappa shape index (κ3) is 2.80. The quantitative estimate of drug-likeness (QED) is 0.676. The van der Waals surface area contributed by atoms with E-state index in [4.69, 9.17) is 4.74 Å². The molecule has 0 aliphatic heterocycles. The molecular formula is C15H17N3O3. The molecule has 3 rings (SSSR count). The Morgan fingerprint density at radius 2 is 2.10 bits per heavy atom. The second-order valence-electron chi connectivity index (χ2n) is 5.43. The SMILES string of the molecule is Cc1[nH]nc(C2CC(OCc3ccccc3)C2)c1[N+](=O)[O-]. The minimum absolute atomic E-state index is 0.121. The Morgan fingerprint density at radius 3 is 2.76 bits per heavy atom. The van der Waals surface area contributed by atoms with E-state index in [1.807, 2.05) is 30.3 Å². The van der Waals surface area contributed by atoms with Crippen molar-refractivity contribution in [1.82, 2.24) is 10.2 Å². The van der Waals surface area contributed by atoms with Crippen LogP contribution in [0.5, 0.6) is 0 Å². The molecule has 0 saturated heterocycles. The van der Waals surface area contributed by atoms with E-state index in [1.54, 1.807) is 6.92 Å². The molecule has 110 valence electrons. The smallest absolute Gasteiger partial charge is 0.313 e. The van der Waals surface area contributed by atoms with Crippen molar-refractivity contribution < 1.29 is 9.66 Å². The van der Waals surface area contributed by atoms with Gasteiger partial charge in [0.05, 0.1) is 17.6 Å². The van der Waals surface area contributed by atoms with Gasteiger partial charge in [0.25, 0.3) is 0 Å². The highest BCUT2D eigenvalue weighted by Gasteiger charge is 2.38. The number of nitro groups is 1. The van der Waals surface area contributed by atoms with Crippen LogP contribution < -0.4 is 0 Å². The van der Waals surface area contributed by atoms with E-state index in [0.29, 0.717) is 18.0 Å². The van der Waals surface area contributed by atoms with Gasteiger partial charge in [-0.05, 0) is 25.3 Å². The number of H-pyrrole nitrogens is 1. The molecule has 1 saturated carbocycles. The van der Waals surface area contributed by atoms with Gasteiger partial charge < -0.3 is 4.74 Å². The average Bonchev–Trinajstić information content (AvgIpc) is 2.80. The van der Waals surface area contributed by atoms with Gasteiger partial charge in [-0.25, -0.2) is 0 Å². The molecule has 1 aliphatic rings. The molecule has 0 radical (unpaired) electrons. The number of nitrogens with zero attached hydrogens (tertiary/aromatic N) is 2. The predicted octanol–water partition coefficient (Wildman–Crippen LogP) is 3.09. The highest BCUT2D eigenvalue weighted by molar-refractivity contribution is 5.42. The molecule has 1 heterocycles. The lowest BCUT2D eigenvalue weighted by Gasteiger charge is -2.33. The molecule has 1 aliphatic carbocycles. The highest BCUT2D eigenvalue weighted by atomic mass is 16.6. The highest BCUT2D eigenvalue weighted by Crippen LogP contribution is 2.42. The molecule has 0 amide bonds. The molecule has 0 unspecified atom stereocenters. The zero-order valence-corrected chi connectivity index (χ0v) is 11.8. The van der Waals surface area contributed by atoms with Crippen molar-refractivity contribution in [2.45, 2.75) is 38.4 Å². The van der Waals surface area contributed by atoms with E-state index in [1.165, 1.54) is 0 Å². The number of aromatic nitrogens is 2. The Morgan fingerprint density at radius 1 is 1.38 bits per heavy atom. The van der Waals surface area contributed by atoms with Gasteiger partial charge in [0.2, 0.25) is 0 Å². The third-order valence-electron chi connectivity index (χ3n) is 3.93. The molecule has 2 aromatic rings. The zero-order chi connectivity index (χ0) is 14.8. The minimum Gasteiger partial charge on any atom is -0.373 e. The molecule has 6 nitrogen and oxygen atoms in total. The molecule has 0 bridgehead atoms. The molecule has 0 spiro atoms. The summed E-state index contributed by atoms with van der Waals surface area (Å²) < 4.78 is 5.82. The Balaban J connectivity index is 1.55. The zero-order valence-electron chi connectivity index (χ0n) is 11.8. The van der Waals surface area contributed by atoms with Gasteiger partial charge in [0, 0.05) is 5.92 Å². The standard InChI is InChI=1S/C15H17N3O3/c1-10-15(18(19)20)14(17-16-10)12-7-13(8-12)21-9-11-5-3-2-4-6-11/h2-6,12-13H,7-9H2,1H3,(H,16,17). The van der Waals surface area contributed by atoms with Gasteiger partial charge in [-0.3, -0.25) is 15.2 Å². The summed E-state index contributed by atoms with van der Waals surface area (Å²) in [6.45, 7) is 2.26. The monoisotopic (exact) mass is 287 g/mol. The fourth-order valence-corrected chi connectivity index (χ4v) is 2.67. The normalized spacial score (nSPS) is 21.0. The first kappa shape index (κ1) is 13.8. The number of aromatic amines is 1. The van der Waals surface area contributed by atoms with Crippen molar-refractivity contribution in [2.24, 2.45) is 0 Å². The third-order valence-corrected chi connectivity index (χ3v) is 3.93. The van der Waals surface area contributed by atoms with Gasteiger partial charge in [0.1, 0.15) is 11.4 Å². The summed E-state index contributed by atoms with van der Waals surface area (Å²) in [6.07, 6.45) is 1.74. The summed E-state index contributed by atoms with van der Waals surface area (Å²) in [4.78, 5) is 10.7. The summed E-state index contributed by atoms with van der Waals surface area (Å²) in [5.74, 6) is 0.121. The van der Waals surface area contributed by atoms with Crippen molar-refractivity contribution in [3.63, 3.8) is 0 Å². The van der Waals surface area contributed by atoms with E-state index in [9.17, 15) is 10.1 Å². The summed E-state index contributed by atoms with van der Waals surface area (Å²) >= 11 is 0. The van der Waals surface area contributed by atoms with E-state index < -0.39 is 0 Å². The van der Waals surface area contributed by atoms with Crippen LogP contribution in [0.3, 0.4) is 0 Å². The van der Waals surface area contributed by atoms with Crippen LogP contribution in [-0.4, -0.2) is 21.2 Å². The molecular weight excluding hydrogens is 270 g/mol. The second-order valence-corrected chi connectivity index (χ2v) is 5.43. The van der Waals surface area contributed by atoms with Crippen LogP contribution in [0.25, 0.3) is 0 Å². The number of ether oxygens (including phenoxy) is 1. The second kappa shape index (κ2) is 5.65. The van der Waals surface area contributed by atoms with Gasteiger partial charge in [0.15, 0.2) is 0 Å². The van der Waals surface area contributed by atoms with Crippen LogP contribution in [0, 0.1) is 17.0 Å². The summed E-state index contributed by atoms with van der Waals surface area (Å²) in [5, 5.41) is 17.9. The van der Waals surface area contributed by atoms with Crippen molar-refractivity contribution in [3.05, 3.63) is 57.4 Å². The maximum Gasteiger partial charge on any atom is 0.313 e. The first-order valence-corrected chi connectivity index (χ1v) is 7.00. The Hall–Kier alpha value is -2.21. The number of rotatable bonds is 5. The van der Waals surface area contributed by atoms with Crippen molar-refractivity contribution >= 4 is 5.69 Å². The van der Waals surface area contributed by atoms with Crippen LogP contribution in [0.1, 0.15) is 35.7 Å². The molecule has 1 N–H and O–H groups in total. The Bertz CT molecular complexity index is 633. The van der Waals surface area contributed by atoms with Crippen LogP contribution in [0.2, 0.25) is 0 Å². The fraction of sp³-hybridized carbons (Fsp3) is 0.400.